The van der Waals surface area contributed by atoms with Crippen molar-refractivity contribution in [2.24, 2.45) is 0 Å². The van der Waals surface area contributed by atoms with E-state index in [1.165, 1.54) is 0 Å². The van der Waals surface area contributed by atoms with Crippen LogP contribution >= 0.6 is 0 Å². The second-order valence-electron chi connectivity index (χ2n) is 5.73. The van der Waals surface area contributed by atoms with Crippen molar-refractivity contribution in [3.05, 3.63) is 11.4 Å². The van der Waals surface area contributed by atoms with Crippen molar-refractivity contribution >= 4 is 11.6 Å². The Labute approximate surface area is 115 Å². The van der Waals surface area contributed by atoms with E-state index in [-0.39, 0.29) is 18.1 Å². The molecule has 0 aromatic carbocycles. The number of anilines is 2. The van der Waals surface area contributed by atoms with E-state index in [0.717, 1.165) is 30.3 Å². The van der Waals surface area contributed by atoms with E-state index in [4.69, 9.17) is 15.5 Å². The van der Waals surface area contributed by atoms with Gasteiger partial charge in [0.25, 0.3) is 0 Å². The fourth-order valence-electron chi connectivity index (χ4n) is 2.46. The largest absolute Gasteiger partial charge is 0.383 e. The lowest BCUT2D eigenvalue weighted by Crippen LogP contribution is -2.46. The number of hydrogen-bond acceptors (Lipinski definition) is 5. The van der Waals surface area contributed by atoms with Crippen LogP contribution in [0, 0.1) is 6.92 Å². The predicted molar refractivity (Wildman–Crippen MR) is 77.5 cm³/mol. The van der Waals surface area contributed by atoms with Crippen molar-refractivity contribution in [1.82, 2.24) is 9.97 Å². The number of rotatable bonds is 2. The van der Waals surface area contributed by atoms with E-state index < -0.39 is 0 Å². The molecule has 0 saturated carbocycles. The Kier molecular flexibility index (Phi) is 3.94. The molecule has 1 saturated heterocycles. The lowest BCUT2D eigenvalue weighted by atomic mass is 10.1. The summed E-state index contributed by atoms with van der Waals surface area (Å²) in [6, 6.07) is 0. The van der Waals surface area contributed by atoms with Crippen molar-refractivity contribution in [2.75, 3.05) is 23.7 Å². The van der Waals surface area contributed by atoms with Gasteiger partial charge in [-0.3, -0.25) is 0 Å². The van der Waals surface area contributed by atoms with Crippen LogP contribution in [-0.4, -0.2) is 35.3 Å². The van der Waals surface area contributed by atoms with Gasteiger partial charge in [0.2, 0.25) is 0 Å². The summed E-state index contributed by atoms with van der Waals surface area (Å²) in [5.74, 6) is 2.63. The first kappa shape index (κ1) is 14.1. The van der Waals surface area contributed by atoms with Crippen molar-refractivity contribution in [3.63, 3.8) is 0 Å². The van der Waals surface area contributed by atoms with Crippen LogP contribution < -0.4 is 10.6 Å². The zero-order valence-corrected chi connectivity index (χ0v) is 12.5. The summed E-state index contributed by atoms with van der Waals surface area (Å²) in [4.78, 5) is 11.3. The Morgan fingerprint density at radius 2 is 1.79 bits per heavy atom. The molecule has 106 valence electrons. The van der Waals surface area contributed by atoms with E-state index >= 15 is 0 Å². The van der Waals surface area contributed by atoms with E-state index in [1.54, 1.807) is 0 Å². The van der Waals surface area contributed by atoms with Gasteiger partial charge in [0.05, 0.1) is 12.2 Å². The standard InChI is InChI=1S/C14H24N4O/c1-8(2)13-16-12(15)11(5)14(17-13)18-6-9(3)19-10(4)7-18/h8-10H,6-7H2,1-5H3,(H2,15,16,17). The number of aromatic nitrogens is 2. The Morgan fingerprint density at radius 3 is 2.32 bits per heavy atom. The maximum Gasteiger partial charge on any atom is 0.137 e. The van der Waals surface area contributed by atoms with E-state index in [1.807, 2.05) is 6.92 Å². The highest BCUT2D eigenvalue weighted by atomic mass is 16.5. The average molecular weight is 264 g/mol. The van der Waals surface area contributed by atoms with Gasteiger partial charge in [-0.1, -0.05) is 13.8 Å². The minimum Gasteiger partial charge on any atom is -0.383 e. The molecule has 1 aliphatic heterocycles. The molecule has 0 radical (unpaired) electrons. The highest BCUT2D eigenvalue weighted by Crippen LogP contribution is 2.26. The molecule has 0 bridgehead atoms. The van der Waals surface area contributed by atoms with Gasteiger partial charge in [-0.25, -0.2) is 9.97 Å². The number of nitrogens with zero attached hydrogens (tertiary/aromatic N) is 3. The molecule has 1 aliphatic rings. The van der Waals surface area contributed by atoms with E-state index in [9.17, 15) is 0 Å². The summed E-state index contributed by atoms with van der Waals surface area (Å²) in [5.41, 5.74) is 6.99. The number of nitrogens with two attached hydrogens (primary N) is 1. The smallest absolute Gasteiger partial charge is 0.137 e. The summed E-state index contributed by atoms with van der Waals surface area (Å²) >= 11 is 0. The second kappa shape index (κ2) is 5.33. The second-order valence-corrected chi connectivity index (χ2v) is 5.73. The summed E-state index contributed by atoms with van der Waals surface area (Å²) in [7, 11) is 0. The summed E-state index contributed by atoms with van der Waals surface area (Å²) in [5, 5.41) is 0. The van der Waals surface area contributed by atoms with Gasteiger partial charge in [0.1, 0.15) is 17.5 Å². The summed E-state index contributed by atoms with van der Waals surface area (Å²) in [6.45, 7) is 12.0. The molecule has 2 heterocycles. The molecule has 19 heavy (non-hydrogen) atoms. The van der Waals surface area contributed by atoms with E-state index in [0.29, 0.717) is 5.82 Å². The average Bonchev–Trinajstić information content (AvgIpc) is 2.30. The SMILES string of the molecule is Cc1c(N)nc(C(C)C)nc1N1CC(C)OC(C)C1. The highest BCUT2D eigenvalue weighted by Gasteiger charge is 2.25. The van der Waals surface area contributed by atoms with Gasteiger partial charge in [0.15, 0.2) is 0 Å². The van der Waals surface area contributed by atoms with Crippen LogP contribution in [0.4, 0.5) is 11.6 Å². The topological polar surface area (TPSA) is 64.3 Å². The molecule has 2 N–H and O–H groups in total. The number of hydrogen-bond donors (Lipinski definition) is 1. The van der Waals surface area contributed by atoms with Crippen LogP contribution in [0.3, 0.4) is 0 Å². The van der Waals surface area contributed by atoms with Gasteiger partial charge in [-0.2, -0.15) is 0 Å². The lowest BCUT2D eigenvalue weighted by Gasteiger charge is -2.37. The maximum atomic E-state index is 6.03. The lowest BCUT2D eigenvalue weighted by molar-refractivity contribution is -0.00550. The molecule has 1 aromatic rings. The van der Waals surface area contributed by atoms with Gasteiger partial charge in [-0.15, -0.1) is 0 Å². The molecule has 0 amide bonds. The summed E-state index contributed by atoms with van der Waals surface area (Å²) < 4.78 is 5.77. The fraction of sp³-hybridized carbons (Fsp3) is 0.714. The zero-order chi connectivity index (χ0) is 14.2. The molecule has 2 atom stereocenters. The normalized spacial score (nSPS) is 24.0. The predicted octanol–water partition coefficient (Wildman–Crippen LogP) is 2.10. The third kappa shape index (κ3) is 2.97. The molecular weight excluding hydrogens is 240 g/mol. The molecule has 1 fully saturated rings. The monoisotopic (exact) mass is 264 g/mol. The zero-order valence-electron chi connectivity index (χ0n) is 12.5. The molecule has 0 aliphatic carbocycles. The molecule has 2 unspecified atom stereocenters. The van der Waals surface area contributed by atoms with Gasteiger partial charge < -0.3 is 15.4 Å². The molecule has 2 rings (SSSR count). The highest BCUT2D eigenvalue weighted by molar-refractivity contribution is 5.57. The van der Waals surface area contributed by atoms with Crippen molar-refractivity contribution in [3.8, 4) is 0 Å². The first-order valence-corrected chi connectivity index (χ1v) is 6.93. The minimum absolute atomic E-state index is 0.210. The molecule has 5 nitrogen and oxygen atoms in total. The van der Waals surface area contributed by atoms with E-state index in [2.05, 4.69) is 37.6 Å². The first-order chi connectivity index (χ1) is 8.88. The van der Waals surface area contributed by atoms with Crippen LogP contribution in [0.15, 0.2) is 0 Å². The minimum atomic E-state index is 0.210. The summed E-state index contributed by atoms with van der Waals surface area (Å²) in [6.07, 6.45) is 0.420. The van der Waals surface area contributed by atoms with Crippen LogP contribution in [0.25, 0.3) is 0 Å². The van der Waals surface area contributed by atoms with Crippen molar-refractivity contribution < 1.29 is 4.74 Å². The molecule has 5 heteroatoms. The van der Waals surface area contributed by atoms with Crippen LogP contribution in [-0.2, 0) is 4.74 Å². The van der Waals surface area contributed by atoms with Crippen LogP contribution in [0.2, 0.25) is 0 Å². The Bertz CT molecular complexity index is 451. The van der Waals surface area contributed by atoms with Crippen LogP contribution in [0.5, 0.6) is 0 Å². The van der Waals surface area contributed by atoms with Gasteiger partial charge >= 0.3 is 0 Å². The Balaban J connectivity index is 2.37. The number of ether oxygens (including phenoxy) is 1. The molecule has 1 aromatic heterocycles. The van der Waals surface area contributed by atoms with Crippen molar-refractivity contribution in [1.29, 1.82) is 0 Å². The third-order valence-corrected chi connectivity index (χ3v) is 3.41. The Morgan fingerprint density at radius 1 is 1.21 bits per heavy atom. The van der Waals surface area contributed by atoms with Crippen LogP contribution in [0.1, 0.15) is 45.0 Å². The van der Waals surface area contributed by atoms with Crippen molar-refractivity contribution in [2.45, 2.75) is 52.7 Å². The number of nitrogen functional groups attached to an aromatic ring is 1. The maximum absolute atomic E-state index is 6.03. The quantitative estimate of drug-likeness (QED) is 0.886. The van der Waals surface area contributed by atoms with Gasteiger partial charge in [0, 0.05) is 24.6 Å². The third-order valence-electron chi connectivity index (χ3n) is 3.41. The fourth-order valence-corrected chi connectivity index (χ4v) is 2.46. The first-order valence-electron chi connectivity index (χ1n) is 6.93. The molecular formula is C14H24N4O. The number of morpholine rings is 1. The molecule has 0 spiro atoms. The Hall–Kier alpha value is -1.36. The van der Waals surface area contributed by atoms with Gasteiger partial charge in [-0.05, 0) is 20.8 Å².